The largest absolute Gasteiger partial charge is 0.368 e. The van der Waals surface area contributed by atoms with Gasteiger partial charge in [-0.05, 0) is 12.5 Å². The molecule has 0 aliphatic carbocycles. The Balaban J connectivity index is 2.17. The fraction of sp³-hybridized carbons (Fsp3) is 0.364. The van der Waals surface area contributed by atoms with Gasteiger partial charge in [-0.3, -0.25) is 0 Å². The Labute approximate surface area is 94.4 Å². The van der Waals surface area contributed by atoms with E-state index in [-0.39, 0.29) is 0 Å². The molecule has 0 fully saturated rings. The molecule has 16 heavy (non-hydrogen) atoms. The second kappa shape index (κ2) is 4.74. The van der Waals surface area contributed by atoms with Crippen molar-refractivity contribution in [2.45, 2.75) is 26.3 Å². The third-order valence-electron chi connectivity index (χ3n) is 2.34. The first kappa shape index (κ1) is 10.6. The summed E-state index contributed by atoms with van der Waals surface area (Å²) in [4.78, 5) is 12.4. The van der Waals surface area contributed by atoms with Crippen LogP contribution in [-0.2, 0) is 13.0 Å². The summed E-state index contributed by atoms with van der Waals surface area (Å²) in [7, 11) is 0. The van der Waals surface area contributed by atoms with Gasteiger partial charge in [0.25, 0.3) is 0 Å². The van der Waals surface area contributed by atoms with Crippen LogP contribution in [0.25, 0.3) is 0 Å². The van der Waals surface area contributed by atoms with E-state index in [1.807, 2.05) is 18.5 Å². The molecule has 0 unspecified atom stereocenters. The molecule has 0 aromatic carbocycles. The van der Waals surface area contributed by atoms with Crippen LogP contribution in [0.2, 0.25) is 0 Å². The molecule has 0 radical (unpaired) electrons. The van der Waals surface area contributed by atoms with E-state index in [9.17, 15) is 0 Å². The maximum Gasteiger partial charge on any atom is 0.220 e. The SMILES string of the molecule is CCCn1ccnc1Cc1ccnc(N)n1. The van der Waals surface area contributed by atoms with Crippen molar-refractivity contribution in [1.82, 2.24) is 19.5 Å². The number of hydrogen-bond donors (Lipinski definition) is 1. The zero-order chi connectivity index (χ0) is 11.4. The summed E-state index contributed by atoms with van der Waals surface area (Å²) < 4.78 is 2.14. The molecule has 0 spiro atoms. The number of anilines is 1. The van der Waals surface area contributed by atoms with Crippen LogP contribution in [0.4, 0.5) is 5.95 Å². The Kier molecular flexibility index (Phi) is 3.14. The fourth-order valence-corrected chi connectivity index (χ4v) is 1.63. The smallest absolute Gasteiger partial charge is 0.220 e. The molecule has 2 aromatic rings. The molecule has 0 bridgehead atoms. The molecule has 5 heteroatoms. The topological polar surface area (TPSA) is 69.6 Å². The lowest BCUT2D eigenvalue weighted by molar-refractivity contribution is 0.645. The van der Waals surface area contributed by atoms with Gasteiger partial charge in [-0.2, -0.15) is 0 Å². The zero-order valence-corrected chi connectivity index (χ0v) is 9.30. The molecule has 0 aliphatic heterocycles. The minimum atomic E-state index is 0.311. The zero-order valence-electron chi connectivity index (χ0n) is 9.30. The summed E-state index contributed by atoms with van der Waals surface area (Å²) in [6, 6.07) is 1.86. The number of nitrogens with two attached hydrogens (primary N) is 1. The van der Waals surface area contributed by atoms with Gasteiger partial charge < -0.3 is 10.3 Å². The number of nitrogen functional groups attached to an aromatic ring is 1. The van der Waals surface area contributed by atoms with Gasteiger partial charge in [0.1, 0.15) is 5.82 Å². The van der Waals surface area contributed by atoms with E-state index in [1.165, 1.54) is 0 Å². The van der Waals surface area contributed by atoms with Crippen LogP contribution in [0.3, 0.4) is 0 Å². The number of imidazole rings is 1. The average Bonchev–Trinajstić information content (AvgIpc) is 2.66. The van der Waals surface area contributed by atoms with E-state index in [0.717, 1.165) is 24.5 Å². The van der Waals surface area contributed by atoms with Crippen molar-refractivity contribution in [3.8, 4) is 0 Å². The summed E-state index contributed by atoms with van der Waals surface area (Å²) in [6.07, 6.45) is 7.26. The molecular weight excluding hydrogens is 202 g/mol. The maximum atomic E-state index is 5.53. The van der Waals surface area contributed by atoms with Crippen LogP contribution < -0.4 is 5.73 Å². The molecule has 0 amide bonds. The first-order chi connectivity index (χ1) is 7.79. The minimum Gasteiger partial charge on any atom is -0.368 e. The molecule has 2 N–H and O–H groups in total. The summed E-state index contributed by atoms with van der Waals surface area (Å²) in [5.41, 5.74) is 6.43. The molecule has 0 atom stereocenters. The lowest BCUT2D eigenvalue weighted by atomic mass is 10.3. The molecule has 2 heterocycles. The van der Waals surface area contributed by atoms with Crippen molar-refractivity contribution in [1.29, 1.82) is 0 Å². The number of rotatable bonds is 4. The van der Waals surface area contributed by atoms with E-state index in [0.29, 0.717) is 12.4 Å². The van der Waals surface area contributed by atoms with E-state index in [1.54, 1.807) is 6.20 Å². The Morgan fingerprint density at radius 2 is 2.19 bits per heavy atom. The molecule has 84 valence electrons. The third-order valence-corrected chi connectivity index (χ3v) is 2.34. The Bertz CT molecular complexity index is 463. The highest BCUT2D eigenvalue weighted by Crippen LogP contribution is 2.06. The first-order valence-corrected chi connectivity index (χ1v) is 5.37. The maximum absolute atomic E-state index is 5.53. The van der Waals surface area contributed by atoms with Gasteiger partial charge in [0, 0.05) is 31.6 Å². The predicted octanol–water partition coefficient (Wildman–Crippen LogP) is 1.26. The van der Waals surface area contributed by atoms with Gasteiger partial charge >= 0.3 is 0 Å². The number of aromatic nitrogens is 4. The van der Waals surface area contributed by atoms with Crippen LogP contribution in [0.5, 0.6) is 0 Å². The number of hydrogen-bond acceptors (Lipinski definition) is 4. The average molecular weight is 217 g/mol. The van der Waals surface area contributed by atoms with Gasteiger partial charge in [0.2, 0.25) is 5.95 Å². The van der Waals surface area contributed by atoms with Crippen LogP contribution in [0.1, 0.15) is 24.9 Å². The summed E-state index contributed by atoms with van der Waals surface area (Å²) in [6.45, 7) is 3.13. The van der Waals surface area contributed by atoms with E-state index in [4.69, 9.17) is 5.73 Å². The van der Waals surface area contributed by atoms with Crippen LogP contribution in [0.15, 0.2) is 24.7 Å². The highest BCUT2D eigenvalue weighted by molar-refractivity contribution is 5.19. The van der Waals surface area contributed by atoms with E-state index < -0.39 is 0 Å². The van der Waals surface area contributed by atoms with E-state index in [2.05, 4.69) is 26.4 Å². The lowest BCUT2D eigenvalue weighted by Crippen LogP contribution is -2.05. The van der Waals surface area contributed by atoms with Crippen molar-refractivity contribution in [3.63, 3.8) is 0 Å². The highest BCUT2D eigenvalue weighted by Gasteiger charge is 2.04. The molecule has 2 rings (SSSR count). The monoisotopic (exact) mass is 217 g/mol. The highest BCUT2D eigenvalue weighted by atomic mass is 15.1. The Morgan fingerprint density at radius 3 is 2.94 bits per heavy atom. The van der Waals surface area contributed by atoms with Gasteiger partial charge in [-0.15, -0.1) is 0 Å². The van der Waals surface area contributed by atoms with Gasteiger partial charge in [0.15, 0.2) is 0 Å². The first-order valence-electron chi connectivity index (χ1n) is 5.37. The van der Waals surface area contributed by atoms with Crippen LogP contribution >= 0.6 is 0 Å². The lowest BCUT2D eigenvalue weighted by Gasteiger charge is -2.05. The van der Waals surface area contributed by atoms with Crippen LogP contribution in [-0.4, -0.2) is 19.5 Å². The van der Waals surface area contributed by atoms with Crippen molar-refractivity contribution in [2.75, 3.05) is 5.73 Å². The predicted molar refractivity (Wildman–Crippen MR) is 61.8 cm³/mol. The van der Waals surface area contributed by atoms with Gasteiger partial charge in [-0.1, -0.05) is 6.92 Å². The van der Waals surface area contributed by atoms with Crippen molar-refractivity contribution in [2.24, 2.45) is 0 Å². The molecule has 2 aromatic heterocycles. The summed E-state index contributed by atoms with van der Waals surface area (Å²) in [5, 5.41) is 0. The van der Waals surface area contributed by atoms with Crippen LogP contribution in [0, 0.1) is 0 Å². The molecule has 0 saturated heterocycles. The number of aryl methyl sites for hydroxylation is 1. The molecular formula is C11H15N5. The summed E-state index contributed by atoms with van der Waals surface area (Å²) in [5.74, 6) is 1.33. The van der Waals surface area contributed by atoms with Crippen molar-refractivity contribution in [3.05, 3.63) is 36.2 Å². The minimum absolute atomic E-state index is 0.311. The van der Waals surface area contributed by atoms with Crippen molar-refractivity contribution >= 4 is 5.95 Å². The normalized spacial score (nSPS) is 10.6. The Morgan fingerprint density at radius 1 is 1.31 bits per heavy atom. The van der Waals surface area contributed by atoms with Gasteiger partial charge in [-0.25, -0.2) is 15.0 Å². The second-order valence-electron chi connectivity index (χ2n) is 3.62. The second-order valence-corrected chi connectivity index (χ2v) is 3.62. The standard InChI is InChI=1S/C11H15N5/c1-2-6-16-7-5-13-10(16)8-9-3-4-14-11(12)15-9/h3-5,7H,2,6,8H2,1H3,(H2,12,14,15). The molecule has 0 saturated carbocycles. The van der Waals surface area contributed by atoms with Gasteiger partial charge in [0.05, 0.1) is 5.69 Å². The summed E-state index contributed by atoms with van der Waals surface area (Å²) >= 11 is 0. The van der Waals surface area contributed by atoms with Crippen molar-refractivity contribution < 1.29 is 0 Å². The van der Waals surface area contributed by atoms with E-state index >= 15 is 0 Å². The molecule has 5 nitrogen and oxygen atoms in total. The Hall–Kier alpha value is -1.91. The fourth-order valence-electron chi connectivity index (χ4n) is 1.63. The number of nitrogens with zero attached hydrogens (tertiary/aromatic N) is 4. The quantitative estimate of drug-likeness (QED) is 0.837. The molecule has 0 aliphatic rings. The third kappa shape index (κ3) is 2.36.